The Labute approximate surface area is 115 Å². The predicted molar refractivity (Wildman–Crippen MR) is 77.4 cm³/mol. The van der Waals surface area contributed by atoms with E-state index in [1.807, 2.05) is 24.8 Å². The maximum Gasteiger partial charge on any atom is 0.257 e. The van der Waals surface area contributed by atoms with Crippen LogP contribution in [0, 0.1) is 12.8 Å². The zero-order chi connectivity index (χ0) is 13.8. The van der Waals surface area contributed by atoms with Gasteiger partial charge in [-0.25, -0.2) is 0 Å². The summed E-state index contributed by atoms with van der Waals surface area (Å²) in [5, 5.41) is 3.26. The summed E-state index contributed by atoms with van der Waals surface area (Å²) >= 11 is 0. The lowest BCUT2D eigenvalue weighted by molar-refractivity contribution is 0.0683. The topological polar surface area (TPSA) is 45.2 Å². The number of nitrogens with one attached hydrogen (secondary N) is 1. The summed E-state index contributed by atoms with van der Waals surface area (Å²) in [5.74, 6) is 0.702. The van der Waals surface area contributed by atoms with Crippen LogP contribution in [0.5, 0.6) is 0 Å². The van der Waals surface area contributed by atoms with Crippen LogP contribution in [0.15, 0.2) is 12.3 Å². The van der Waals surface area contributed by atoms with Crippen LogP contribution in [0.2, 0.25) is 0 Å². The molecule has 1 aliphatic rings. The molecule has 0 saturated carbocycles. The number of amides is 1. The third-order valence-corrected chi connectivity index (χ3v) is 3.58. The van der Waals surface area contributed by atoms with Gasteiger partial charge in [-0.2, -0.15) is 0 Å². The normalized spacial score (nSPS) is 19.3. The molecule has 19 heavy (non-hydrogen) atoms. The molecule has 1 amide bonds. The third kappa shape index (κ3) is 3.25. The Kier molecular flexibility index (Phi) is 4.40. The molecule has 0 bridgehead atoms. The van der Waals surface area contributed by atoms with E-state index in [1.165, 1.54) is 6.42 Å². The Bertz CT molecular complexity index is 459. The quantitative estimate of drug-likeness (QED) is 0.910. The van der Waals surface area contributed by atoms with Crippen molar-refractivity contribution in [2.24, 2.45) is 5.92 Å². The highest BCUT2D eigenvalue weighted by molar-refractivity contribution is 5.99. The standard InChI is InChI=1S/C15H23N3O/c1-4-16-14-8-12(3)17-9-13(14)15(19)18-7-5-6-11(2)10-18/h8-9,11H,4-7,10H2,1-3H3,(H,16,17). The van der Waals surface area contributed by atoms with Gasteiger partial charge in [-0.3, -0.25) is 9.78 Å². The highest BCUT2D eigenvalue weighted by Crippen LogP contribution is 2.22. The van der Waals surface area contributed by atoms with Crippen molar-refractivity contribution in [2.45, 2.75) is 33.6 Å². The number of rotatable bonds is 3. The van der Waals surface area contributed by atoms with Gasteiger partial charge in [-0.1, -0.05) is 6.92 Å². The monoisotopic (exact) mass is 261 g/mol. The number of aryl methyl sites for hydroxylation is 1. The minimum Gasteiger partial charge on any atom is -0.385 e. The van der Waals surface area contributed by atoms with Gasteiger partial charge in [0.15, 0.2) is 0 Å². The van der Waals surface area contributed by atoms with Crippen LogP contribution in [0.3, 0.4) is 0 Å². The molecule has 1 fully saturated rings. The molecule has 1 aliphatic heterocycles. The van der Waals surface area contributed by atoms with E-state index in [0.29, 0.717) is 11.5 Å². The van der Waals surface area contributed by atoms with E-state index in [0.717, 1.165) is 37.4 Å². The SMILES string of the molecule is CCNc1cc(C)ncc1C(=O)N1CCCC(C)C1. The molecule has 1 unspecified atom stereocenters. The summed E-state index contributed by atoms with van der Waals surface area (Å²) in [6.07, 6.45) is 4.02. The van der Waals surface area contributed by atoms with Crippen molar-refractivity contribution in [1.29, 1.82) is 0 Å². The van der Waals surface area contributed by atoms with Gasteiger partial charge in [-0.15, -0.1) is 0 Å². The van der Waals surface area contributed by atoms with Crippen molar-refractivity contribution >= 4 is 11.6 Å². The second-order valence-electron chi connectivity index (χ2n) is 5.40. The third-order valence-electron chi connectivity index (χ3n) is 3.58. The molecule has 1 aromatic rings. The molecule has 0 aliphatic carbocycles. The number of likely N-dealkylation sites (tertiary alicyclic amines) is 1. The molecule has 1 aromatic heterocycles. The van der Waals surface area contributed by atoms with Gasteiger partial charge in [-0.05, 0) is 38.7 Å². The molecular weight excluding hydrogens is 238 g/mol. The van der Waals surface area contributed by atoms with Crippen LogP contribution in [-0.4, -0.2) is 35.4 Å². The molecule has 1 N–H and O–H groups in total. The largest absolute Gasteiger partial charge is 0.385 e. The molecule has 4 nitrogen and oxygen atoms in total. The molecule has 1 saturated heterocycles. The Hall–Kier alpha value is -1.58. The van der Waals surface area contributed by atoms with E-state index in [-0.39, 0.29) is 5.91 Å². The molecule has 2 heterocycles. The van der Waals surface area contributed by atoms with Gasteiger partial charge in [0.05, 0.1) is 11.3 Å². The average Bonchev–Trinajstić information content (AvgIpc) is 2.39. The van der Waals surface area contributed by atoms with Gasteiger partial charge in [0.1, 0.15) is 0 Å². The van der Waals surface area contributed by atoms with E-state index >= 15 is 0 Å². The fraction of sp³-hybridized carbons (Fsp3) is 0.600. The predicted octanol–water partition coefficient (Wildman–Crippen LogP) is 2.69. The number of aromatic nitrogens is 1. The Morgan fingerprint density at radius 2 is 2.37 bits per heavy atom. The van der Waals surface area contributed by atoms with E-state index in [1.54, 1.807) is 6.20 Å². The fourth-order valence-corrected chi connectivity index (χ4v) is 2.61. The first-order chi connectivity index (χ1) is 9.11. The number of carbonyl (C=O) groups excluding carboxylic acids is 1. The number of carbonyl (C=O) groups is 1. The molecule has 1 atom stereocenters. The number of pyridine rings is 1. The van der Waals surface area contributed by atoms with Gasteiger partial charge in [0.25, 0.3) is 5.91 Å². The summed E-state index contributed by atoms with van der Waals surface area (Å²) < 4.78 is 0. The molecule has 104 valence electrons. The summed E-state index contributed by atoms with van der Waals surface area (Å²) in [4.78, 5) is 18.8. The van der Waals surface area contributed by atoms with E-state index in [2.05, 4.69) is 17.2 Å². The van der Waals surface area contributed by atoms with Gasteiger partial charge >= 0.3 is 0 Å². The van der Waals surface area contributed by atoms with Crippen LogP contribution >= 0.6 is 0 Å². The zero-order valence-corrected chi connectivity index (χ0v) is 12.1. The van der Waals surface area contributed by atoms with Crippen molar-refractivity contribution in [3.05, 3.63) is 23.5 Å². The van der Waals surface area contributed by atoms with Crippen molar-refractivity contribution in [1.82, 2.24) is 9.88 Å². The maximum atomic E-state index is 12.6. The maximum absolute atomic E-state index is 12.6. The van der Waals surface area contributed by atoms with E-state index in [9.17, 15) is 4.79 Å². The van der Waals surface area contributed by atoms with Crippen molar-refractivity contribution in [3.8, 4) is 0 Å². The van der Waals surface area contributed by atoms with E-state index in [4.69, 9.17) is 0 Å². The molecule has 0 radical (unpaired) electrons. The number of hydrogen-bond acceptors (Lipinski definition) is 3. The summed E-state index contributed by atoms with van der Waals surface area (Å²) in [5.41, 5.74) is 2.53. The Morgan fingerprint density at radius 1 is 1.58 bits per heavy atom. The van der Waals surface area contributed by atoms with Crippen LogP contribution in [0.1, 0.15) is 42.7 Å². The zero-order valence-electron chi connectivity index (χ0n) is 12.1. The molecule has 0 spiro atoms. The smallest absolute Gasteiger partial charge is 0.257 e. The summed E-state index contributed by atoms with van der Waals surface area (Å²) in [6, 6.07) is 1.95. The van der Waals surface area contributed by atoms with Crippen molar-refractivity contribution in [2.75, 3.05) is 25.0 Å². The molecule has 2 rings (SSSR count). The first-order valence-electron chi connectivity index (χ1n) is 7.11. The first-order valence-corrected chi connectivity index (χ1v) is 7.11. The minimum absolute atomic E-state index is 0.106. The number of piperidine rings is 1. The van der Waals surface area contributed by atoms with Gasteiger partial charge in [0, 0.05) is 31.5 Å². The van der Waals surface area contributed by atoms with E-state index < -0.39 is 0 Å². The fourth-order valence-electron chi connectivity index (χ4n) is 2.61. The lowest BCUT2D eigenvalue weighted by Gasteiger charge is -2.31. The second-order valence-corrected chi connectivity index (χ2v) is 5.40. The Morgan fingerprint density at radius 3 is 3.05 bits per heavy atom. The lowest BCUT2D eigenvalue weighted by Crippen LogP contribution is -2.39. The highest BCUT2D eigenvalue weighted by Gasteiger charge is 2.24. The lowest BCUT2D eigenvalue weighted by atomic mass is 9.99. The van der Waals surface area contributed by atoms with Crippen LogP contribution in [0.25, 0.3) is 0 Å². The number of nitrogens with zero attached hydrogens (tertiary/aromatic N) is 2. The second kappa shape index (κ2) is 6.04. The van der Waals surface area contributed by atoms with Crippen LogP contribution in [-0.2, 0) is 0 Å². The van der Waals surface area contributed by atoms with Crippen molar-refractivity contribution in [3.63, 3.8) is 0 Å². The van der Waals surface area contributed by atoms with Crippen LogP contribution in [0.4, 0.5) is 5.69 Å². The minimum atomic E-state index is 0.106. The number of hydrogen-bond donors (Lipinski definition) is 1. The summed E-state index contributed by atoms with van der Waals surface area (Å²) in [6.45, 7) is 8.71. The van der Waals surface area contributed by atoms with Crippen LogP contribution < -0.4 is 5.32 Å². The number of anilines is 1. The molecule has 0 aromatic carbocycles. The average molecular weight is 261 g/mol. The highest BCUT2D eigenvalue weighted by atomic mass is 16.2. The van der Waals surface area contributed by atoms with Gasteiger partial charge in [0.2, 0.25) is 0 Å². The molecule has 4 heteroatoms. The summed E-state index contributed by atoms with van der Waals surface area (Å²) in [7, 11) is 0. The Balaban J connectivity index is 2.22. The van der Waals surface area contributed by atoms with Crippen molar-refractivity contribution < 1.29 is 4.79 Å². The molecular formula is C15H23N3O. The van der Waals surface area contributed by atoms with Gasteiger partial charge < -0.3 is 10.2 Å². The first kappa shape index (κ1) is 13.8.